The average Bonchev–Trinajstić information content (AvgIpc) is 2.99. The van der Waals surface area contributed by atoms with E-state index in [0.29, 0.717) is 0 Å². The van der Waals surface area contributed by atoms with Gasteiger partial charge in [0.05, 0.1) is 45.1 Å². The van der Waals surface area contributed by atoms with E-state index in [9.17, 15) is 19.2 Å². The molecule has 0 aliphatic carbocycles. The van der Waals surface area contributed by atoms with Crippen LogP contribution in [0.4, 0.5) is 5.69 Å². The monoisotopic (exact) mass is 401 g/mol. The van der Waals surface area contributed by atoms with Crippen LogP contribution in [0.25, 0.3) is 0 Å². The lowest BCUT2D eigenvalue weighted by atomic mass is 10.1. The molecule has 9 nitrogen and oxygen atoms in total. The number of ether oxygens (including phenoxy) is 4. The standard InChI is InChI=1S/C20H19NO8/c1-26-17(22)12-9-13(18(23)27-2)11-14(10-12)21-8-6-5-7-15(19(24)28-3)16(21)20(25)29-4/h5-11H,1-4H3. The SMILES string of the molecule is COC(=O)C1=C(C(=O)OC)N(c2cc(C(=O)OC)cc(C(=O)OC)c2)C=CC=C1. The molecular formula is C20H19NO8. The fourth-order valence-corrected chi connectivity index (χ4v) is 2.59. The molecule has 0 amide bonds. The molecule has 1 aromatic carbocycles. The summed E-state index contributed by atoms with van der Waals surface area (Å²) in [6, 6.07) is 4.08. The molecule has 0 bridgehead atoms. The van der Waals surface area contributed by atoms with Gasteiger partial charge in [0.2, 0.25) is 0 Å². The lowest BCUT2D eigenvalue weighted by molar-refractivity contribution is -0.139. The Labute approximate surface area is 166 Å². The van der Waals surface area contributed by atoms with Gasteiger partial charge in [0.15, 0.2) is 0 Å². The molecule has 0 saturated heterocycles. The second-order valence-corrected chi connectivity index (χ2v) is 5.57. The van der Waals surface area contributed by atoms with Gasteiger partial charge in [0.25, 0.3) is 0 Å². The zero-order valence-electron chi connectivity index (χ0n) is 16.3. The molecule has 152 valence electrons. The third kappa shape index (κ3) is 4.52. The average molecular weight is 401 g/mol. The molecule has 9 heteroatoms. The van der Waals surface area contributed by atoms with Gasteiger partial charge in [-0.1, -0.05) is 6.08 Å². The second kappa shape index (κ2) is 9.36. The molecule has 1 aliphatic rings. The Hall–Kier alpha value is -3.88. The summed E-state index contributed by atoms with van der Waals surface area (Å²) in [5.74, 6) is -3.01. The minimum absolute atomic E-state index is 0.0415. The highest BCUT2D eigenvalue weighted by Gasteiger charge is 2.28. The van der Waals surface area contributed by atoms with Crippen molar-refractivity contribution < 1.29 is 38.1 Å². The van der Waals surface area contributed by atoms with Gasteiger partial charge in [-0.3, -0.25) is 0 Å². The Kier molecular flexibility index (Phi) is 6.91. The Bertz CT molecular complexity index is 908. The summed E-state index contributed by atoms with van der Waals surface area (Å²) in [6.07, 6.45) is 5.94. The topological polar surface area (TPSA) is 108 Å². The van der Waals surface area contributed by atoms with Crippen molar-refractivity contribution in [3.8, 4) is 0 Å². The zero-order chi connectivity index (χ0) is 21.6. The molecule has 0 fully saturated rings. The van der Waals surface area contributed by atoms with Gasteiger partial charge in [-0.25, -0.2) is 19.2 Å². The van der Waals surface area contributed by atoms with Crippen molar-refractivity contribution in [3.05, 3.63) is 65.0 Å². The van der Waals surface area contributed by atoms with Crippen LogP contribution in [0, 0.1) is 0 Å². The number of methoxy groups -OCH3 is 4. The van der Waals surface area contributed by atoms with E-state index in [1.54, 1.807) is 6.08 Å². The summed E-state index contributed by atoms with van der Waals surface area (Å²) in [5.41, 5.74) is 0.0596. The number of allylic oxidation sites excluding steroid dienone is 2. The van der Waals surface area contributed by atoms with Crippen LogP contribution in [-0.2, 0) is 28.5 Å². The van der Waals surface area contributed by atoms with Crippen LogP contribution in [0.15, 0.2) is 53.9 Å². The predicted octanol–water partition coefficient (Wildman–Crippen LogP) is 1.75. The minimum atomic E-state index is -0.829. The van der Waals surface area contributed by atoms with Gasteiger partial charge in [-0.15, -0.1) is 0 Å². The van der Waals surface area contributed by atoms with E-state index < -0.39 is 23.9 Å². The molecule has 1 heterocycles. The summed E-state index contributed by atoms with van der Waals surface area (Å²) < 4.78 is 19.0. The number of hydrogen-bond donors (Lipinski definition) is 0. The van der Waals surface area contributed by atoms with Crippen LogP contribution >= 0.6 is 0 Å². The molecule has 0 unspecified atom stereocenters. The van der Waals surface area contributed by atoms with Gasteiger partial charge in [0.1, 0.15) is 5.70 Å². The van der Waals surface area contributed by atoms with Gasteiger partial charge in [-0.05, 0) is 30.4 Å². The van der Waals surface area contributed by atoms with Gasteiger partial charge in [0, 0.05) is 11.9 Å². The summed E-state index contributed by atoms with van der Waals surface area (Å²) in [5, 5.41) is 0. The summed E-state index contributed by atoms with van der Waals surface area (Å²) in [7, 11) is 4.72. The van der Waals surface area contributed by atoms with Crippen LogP contribution in [0.5, 0.6) is 0 Å². The van der Waals surface area contributed by atoms with E-state index in [2.05, 4.69) is 0 Å². The largest absolute Gasteiger partial charge is 0.465 e. The Morgan fingerprint density at radius 3 is 1.69 bits per heavy atom. The third-order valence-corrected chi connectivity index (χ3v) is 3.93. The quantitative estimate of drug-likeness (QED) is 0.538. The molecule has 0 atom stereocenters. The first-order valence-corrected chi connectivity index (χ1v) is 8.24. The van der Waals surface area contributed by atoms with Crippen molar-refractivity contribution in [2.24, 2.45) is 0 Å². The number of rotatable bonds is 5. The molecular weight excluding hydrogens is 382 g/mol. The number of hydrogen-bond acceptors (Lipinski definition) is 9. The smallest absolute Gasteiger partial charge is 0.355 e. The molecule has 2 rings (SSSR count). The van der Waals surface area contributed by atoms with Gasteiger partial charge >= 0.3 is 23.9 Å². The molecule has 29 heavy (non-hydrogen) atoms. The van der Waals surface area contributed by atoms with Crippen LogP contribution in [0.2, 0.25) is 0 Å². The minimum Gasteiger partial charge on any atom is -0.465 e. The number of nitrogens with zero attached hydrogens (tertiary/aromatic N) is 1. The zero-order valence-corrected chi connectivity index (χ0v) is 16.3. The summed E-state index contributed by atoms with van der Waals surface area (Å²) in [6.45, 7) is 0. The maximum atomic E-state index is 12.5. The Morgan fingerprint density at radius 2 is 1.21 bits per heavy atom. The van der Waals surface area contributed by atoms with E-state index in [1.807, 2.05) is 0 Å². The normalized spacial score (nSPS) is 12.9. The summed E-state index contributed by atoms with van der Waals surface area (Å²) in [4.78, 5) is 50.2. The van der Waals surface area contributed by atoms with Crippen LogP contribution in [-0.4, -0.2) is 52.3 Å². The molecule has 0 aromatic heterocycles. The Balaban J connectivity index is 2.77. The van der Waals surface area contributed by atoms with Crippen LogP contribution in [0.1, 0.15) is 20.7 Å². The number of anilines is 1. The highest BCUT2D eigenvalue weighted by Crippen LogP contribution is 2.28. The van der Waals surface area contributed by atoms with Crippen molar-refractivity contribution in [3.63, 3.8) is 0 Å². The van der Waals surface area contributed by atoms with Gasteiger partial charge < -0.3 is 23.8 Å². The van der Waals surface area contributed by atoms with E-state index in [-0.39, 0.29) is 28.1 Å². The molecule has 1 aliphatic heterocycles. The highest BCUT2D eigenvalue weighted by atomic mass is 16.5. The first-order chi connectivity index (χ1) is 13.9. The first-order valence-electron chi connectivity index (χ1n) is 8.24. The van der Waals surface area contributed by atoms with Crippen molar-refractivity contribution in [2.75, 3.05) is 33.3 Å². The lowest BCUT2D eigenvalue weighted by Gasteiger charge is -2.24. The fourth-order valence-electron chi connectivity index (χ4n) is 2.59. The number of carbonyl (C=O) groups excluding carboxylic acids is 4. The number of benzene rings is 1. The number of esters is 4. The molecule has 0 N–H and O–H groups in total. The highest BCUT2D eigenvalue weighted by molar-refractivity contribution is 6.06. The third-order valence-electron chi connectivity index (χ3n) is 3.93. The first kappa shape index (κ1) is 21.4. The van der Waals surface area contributed by atoms with E-state index in [1.165, 1.54) is 62.8 Å². The van der Waals surface area contributed by atoms with Crippen molar-refractivity contribution >= 4 is 29.6 Å². The fraction of sp³-hybridized carbons (Fsp3) is 0.200. The summed E-state index contributed by atoms with van der Waals surface area (Å²) >= 11 is 0. The lowest BCUT2D eigenvalue weighted by Crippen LogP contribution is -2.27. The van der Waals surface area contributed by atoms with E-state index in [0.717, 1.165) is 7.11 Å². The molecule has 0 spiro atoms. The Morgan fingerprint density at radius 1 is 0.690 bits per heavy atom. The second-order valence-electron chi connectivity index (χ2n) is 5.57. The van der Waals surface area contributed by atoms with Crippen molar-refractivity contribution in [1.29, 1.82) is 0 Å². The molecule has 1 aromatic rings. The van der Waals surface area contributed by atoms with Gasteiger partial charge in [-0.2, -0.15) is 0 Å². The molecule has 0 saturated carbocycles. The maximum Gasteiger partial charge on any atom is 0.355 e. The maximum absolute atomic E-state index is 12.5. The number of carbonyl (C=O) groups is 4. The van der Waals surface area contributed by atoms with Crippen LogP contribution in [0.3, 0.4) is 0 Å². The van der Waals surface area contributed by atoms with E-state index in [4.69, 9.17) is 18.9 Å². The molecule has 0 radical (unpaired) electrons. The predicted molar refractivity (Wildman–Crippen MR) is 101 cm³/mol. The van der Waals surface area contributed by atoms with Crippen molar-refractivity contribution in [2.45, 2.75) is 0 Å². The van der Waals surface area contributed by atoms with Crippen molar-refractivity contribution in [1.82, 2.24) is 0 Å². The van der Waals surface area contributed by atoms with Crippen LogP contribution < -0.4 is 4.90 Å². The van der Waals surface area contributed by atoms with E-state index >= 15 is 0 Å².